The molecule has 2 rings (SSSR count). The maximum atomic E-state index is 12.5. The predicted molar refractivity (Wildman–Crippen MR) is 75.2 cm³/mol. The average Bonchev–Trinajstić information content (AvgIpc) is 2.47. The van der Waals surface area contributed by atoms with E-state index in [0.717, 1.165) is 6.42 Å². The third kappa shape index (κ3) is 3.08. The Labute approximate surface area is 119 Å². The maximum Gasteiger partial charge on any atom is 0.243 e. The van der Waals surface area contributed by atoms with Crippen LogP contribution in [0.5, 0.6) is 0 Å². The number of Topliss-reactive ketones (excluding diaryl/α,β-unsaturated/α-hetero) is 1. The van der Waals surface area contributed by atoms with E-state index in [0.29, 0.717) is 25.3 Å². The van der Waals surface area contributed by atoms with E-state index in [-0.39, 0.29) is 16.8 Å². The van der Waals surface area contributed by atoms with E-state index < -0.39 is 10.0 Å². The van der Waals surface area contributed by atoms with Gasteiger partial charge in [0.25, 0.3) is 0 Å². The lowest BCUT2D eigenvalue weighted by Gasteiger charge is -2.31. The lowest BCUT2D eigenvalue weighted by molar-refractivity contribution is -0.00277. The highest BCUT2D eigenvalue weighted by atomic mass is 32.2. The second kappa shape index (κ2) is 6.03. The molecule has 1 aliphatic heterocycles. The van der Waals surface area contributed by atoms with Crippen molar-refractivity contribution in [3.8, 4) is 0 Å². The summed E-state index contributed by atoms with van der Waals surface area (Å²) >= 11 is 0. The molecule has 1 aliphatic rings. The minimum Gasteiger partial charge on any atom is -0.375 e. The highest BCUT2D eigenvalue weighted by Gasteiger charge is 2.30. The van der Waals surface area contributed by atoms with Crippen molar-refractivity contribution in [3.05, 3.63) is 29.8 Å². The molecule has 1 saturated heterocycles. The normalized spacial score (nSPS) is 20.8. The summed E-state index contributed by atoms with van der Waals surface area (Å²) < 4.78 is 32.0. The molecule has 1 fully saturated rings. The molecule has 0 radical (unpaired) electrons. The topological polar surface area (TPSA) is 63.7 Å². The van der Waals surface area contributed by atoms with Crippen molar-refractivity contribution in [2.24, 2.45) is 0 Å². The Kier molecular flexibility index (Phi) is 4.57. The molecule has 0 unspecified atom stereocenters. The van der Waals surface area contributed by atoms with Crippen LogP contribution in [0, 0.1) is 0 Å². The molecule has 1 aromatic carbocycles. The molecule has 1 heterocycles. The van der Waals surface area contributed by atoms with Gasteiger partial charge in [0.2, 0.25) is 10.0 Å². The fourth-order valence-corrected chi connectivity index (χ4v) is 3.62. The van der Waals surface area contributed by atoms with Crippen LogP contribution >= 0.6 is 0 Å². The average molecular weight is 297 g/mol. The highest BCUT2D eigenvalue weighted by Crippen LogP contribution is 2.20. The molecule has 0 saturated carbocycles. The predicted octanol–water partition coefficient (Wildman–Crippen LogP) is 1.69. The Morgan fingerprint density at radius 3 is 2.55 bits per heavy atom. The van der Waals surface area contributed by atoms with Gasteiger partial charge in [-0.3, -0.25) is 4.79 Å². The van der Waals surface area contributed by atoms with Crippen LogP contribution in [0.25, 0.3) is 0 Å². The fourth-order valence-electron chi connectivity index (χ4n) is 2.17. The van der Waals surface area contributed by atoms with Gasteiger partial charge in [-0.25, -0.2) is 8.42 Å². The number of sulfonamides is 1. The monoisotopic (exact) mass is 297 g/mol. The second-order valence-electron chi connectivity index (χ2n) is 4.84. The molecule has 5 nitrogen and oxygen atoms in total. The van der Waals surface area contributed by atoms with Crippen LogP contribution < -0.4 is 0 Å². The number of benzene rings is 1. The van der Waals surface area contributed by atoms with Crippen molar-refractivity contribution in [3.63, 3.8) is 0 Å². The Hall–Kier alpha value is -1.24. The first kappa shape index (κ1) is 15.2. The number of morpholine rings is 1. The smallest absolute Gasteiger partial charge is 0.243 e. The zero-order valence-electron chi connectivity index (χ0n) is 11.7. The van der Waals surface area contributed by atoms with E-state index in [1.807, 2.05) is 6.92 Å². The minimum atomic E-state index is -3.51. The Balaban J connectivity index is 2.23. The molecule has 1 aromatic rings. The van der Waals surface area contributed by atoms with Crippen LogP contribution in [0.4, 0.5) is 0 Å². The molecule has 0 aromatic heterocycles. The number of ketones is 1. The molecule has 0 N–H and O–H groups in total. The van der Waals surface area contributed by atoms with Crippen LogP contribution in [0.3, 0.4) is 0 Å². The van der Waals surface area contributed by atoms with Gasteiger partial charge in [0.15, 0.2) is 5.78 Å². The largest absolute Gasteiger partial charge is 0.375 e. The number of rotatable bonds is 4. The molecule has 0 bridgehead atoms. The van der Waals surface area contributed by atoms with Gasteiger partial charge in [0.1, 0.15) is 0 Å². The fraction of sp³-hybridized carbons (Fsp3) is 0.500. The molecular weight excluding hydrogens is 278 g/mol. The molecule has 1 atom stereocenters. The summed E-state index contributed by atoms with van der Waals surface area (Å²) in [5.74, 6) is -0.0774. The summed E-state index contributed by atoms with van der Waals surface area (Å²) in [5, 5.41) is 0. The van der Waals surface area contributed by atoms with Crippen molar-refractivity contribution in [1.29, 1.82) is 0 Å². The molecule has 20 heavy (non-hydrogen) atoms. The maximum absolute atomic E-state index is 12.5. The van der Waals surface area contributed by atoms with Crippen molar-refractivity contribution in [1.82, 2.24) is 4.31 Å². The van der Waals surface area contributed by atoms with Gasteiger partial charge < -0.3 is 4.74 Å². The lowest BCUT2D eigenvalue weighted by atomic mass is 10.2. The first-order valence-electron chi connectivity index (χ1n) is 6.68. The van der Waals surface area contributed by atoms with Gasteiger partial charge in [-0.1, -0.05) is 19.1 Å². The van der Waals surface area contributed by atoms with Crippen LogP contribution in [0.2, 0.25) is 0 Å². The Bertz CT molecular complexity index is 580. The second-order valence-corrected chi connectivity index (χ2v) is 6.78. The number of ether oxygens (including phenoxy) is 1. The minimum absolute atomic E-state index is 0.0463. The summed E-state index contributed by atoms with van der Waals surface area (Å²) in [7, 11) is -3.51. The zero-order valence-corrected chi connectivity index (χ0v) is 12.5. The lowest BCUT2D eigenvalue weighted by Crippen LogP contribution is -2.45. The van der Waals surface area contributed by atoms with E-state index in [2.05, 4.69) is 0 Å². The van der Waals surface area contributed by atoms with Gasteiger partial charge >= 0.3 is 0 Å². The van der Waals surface area contributed by atoms with E-state index in [1.165, 1.54) is 23.4 Å². The zero-order chi connectivity index (χ0) is 14.8. The van der Waals surface area contributed by atoms with Crippen LogP contribution in [-0.4, -0.2) is 44.3 Å². The van der Waals surface area contributed by atoms with Gasteiger partial charge in [-0.2, -0.15) is 4.31 Å². The highest BCUT2D eigenvalue weighted by molar-refractivity contribution is 7.89. The van der Waals surface area contributed by atoms with Gasteiger partial charge in [-0.15, -0.1) is 0 Å². The summed E-state index contributed by atoms with van der Waals surface area (Å²) in [4.78, 5) is 11.4. The number of hydrogen-bond donors (Lipinski definition) is 0. The summed E-state index contributed by atoms with van der Waals surface area (Å²) in [6.07, 6.45) is 0.741. The van der Waals surface area contributed by atoms with E-state index in [4.69, 9.17) is 4.74 Å². The van der Waals surface area contributed by atoms with Gasteiger partial charge in [0, 0.05) is 18.7 Å². The first-order chi connectivity index (χ1) is 9.45. The Morgan fingerprint density at radius 1 is 1.35 bits per heavy atom. The van der Waals surface area contributed by atoms with Crippen LogP contribution in [0.15, 0.2) is 29.2 Å². The number of nitrogens with zero attached hydrogens (tertiary/aromatic N) is 1. The van der Waals surface area contributed by atoms with Gasteiger partial charge in [0.05, 0.1) is 17.6 Å². The van der Waals surface area contributed by atoms with E-state index in [9.17, 15) is 13.2 Å². The van der Waals surface area contributed by atoms with Crippen molar-refractivity contribution < 1.29 is 17.9 Å². The van der Waals surface area contributed by atoms with E-state index in [1.54, 1.807) is 12.1 Å². The van der Waals surface area contributed by atoms with E-state index >= 15 is 0 Å². The SMILES string of the molecule is CC[C@@H]1CN(S(=O)(=O)c2ccc(C(C)=O)cc2)CCO1. The summed E-state index contributed by atoms with van der Waals surface area (Å²) in [5.41, 5.74) is 0.511. The molecule has 110 valence electrons. The number of carbonyl (C=O) groups excluding carboxylic acids is 1. The molecule has 0 aliphatic carbocycles. The number of hydrogen-bond acceptors (Lipinski definition) is 4. The van der Waals surface area contributed by atoms with Crippen LogP contribution in [0.1, 0.15) is 30.6 Å². The third-order valence-corrected chi connectivity index (χ3v) is 5.33. The molecular formula is C14H19NO4S. The molecule has 0 spiro atoms. The van der Waals surface area contributed by atoms with Crippen LogP contribution in [-0.2, 0) is 14.8 Å². The molecule has 6 heteroatoms. The summed E-state index contributed by atoms with van der Waals surface area (Å²) in [6, 6.07) is 6.07. The summed E-state index contributed by atoms with van der Waals surface area (Å²) in [6.45, 7) is 4.60. The standard InChI is InChI=1S/C14H19NO4S/c1-3-13-10-15(8-9-19-13)20(17,18)14-6-4-12(5-7-14)11(2)16/h4-7,13H,3,8-10H2,1-2H3/t13-/m1/s1. The van der Waals surface area contributed by atoms with Crippen molar-refractivity contribution in [2.75, 3.05) is 19.7 Å². The van der Waals surface area contributed by atoms with Crippen molar-refractivity contribution in [2.45, 2.75) is 31.3 Å². The van der Waals surface area contributed by atoms with Crippen molar-refractivity contribution >= 4 is 15.8 Å². The Morgan fingerprint density at radius 2 is 2.00 bits per heavy atom. The number of carbonyl (C=O) groups is 1. The van der Waals surface area contributed by atoms with Gasteiger partial charge in [-0.05, 0) is 25.5 Å². The quantitative estimate of drug-likeness (QED) is 0.793. The first-order valence-corrected chi connectivity index (χ1v) is 8.12. The third-order valence-electron chi connectivity index (χ3n) is 3.46. The molecule has 0 amide bonds.